The lowest BCUT2D eigenvalue weighted by atomic mass is 9.97. The number of rotatable bonds is 7. The predicted octanol–water partition coefficient (Wildman–Crippen LogP) is 5.81. The van der Waals surface area contributed by atoms with Crippen molar-refractivity contribution < 1.29 is 23.1 Å². The number of fused-ring (bicyclic) bond motifs is 2. The van der Waals surface area contributed by atoms with Gasteiger partial charge in [-0.25, -0.2) is 9.59 Å². The minimum Gasteiger partial charge on any atom is -0.496 e. The maximum absolute atomic E-state index is 13.4. The zero-order chi connectivity index (χ0) is 33.7. The fourth-order valence-electron chi connectivity index (χ4n) is 5.70. The van der Waals surface area contributed by atoms with E-state index in [0.717, 1.165) is 14.5 Å². The lowest BCUT2D eigenvalue weighted by Crippen LogP contribution is -2.39. The van der Waals surface area contributed by atoms with E-state index >= 15 is 0 Å². The number of furan rings is 1. The molecule has 0 fully saturated rings. The lowest BCUT2D eigenvalue weighted by molar-refractivity contribution is 0.0942. The van der Waals surface area contributed by atoms with E-state index in [9.17, 15) is 19.2 Å². The first-order valence-corrected chi connectivity index (χ1v) is 15.3. The summed E-state index contributed by atoms with van der Waals surface area (Å²) >= 11 is 3.45. The molecule has 0 spiro atoms. The molecule has 0 aliphatic carbocycles. The number of hydrogen-bond donors (Lipinski definition) is 2. The van der Waals surface area contributed by atoms with Crippen molar-refractivity contribution in [3.63, 3.8) is 0 Å². The van der Waals surface area contributed by atoms with Crippen molar-refractivity contribution in [2.45, 2.75) is 41.2 Å². The highest BCUT2D eigenvalue weighted by atomic mass is 79.9. The van der Waals surface area contributed by atoms with E-state index in [4.69, 9.17) is 18.3 Å². The molecule has 0 saturated carbocycles. The van der Waals surface area contributed by atoms with Crippen molar-refractivity contribution in [1.82, 2.24) is 20.1 Å². The summed E-state index contributed by atoms with van der Waals surface area (Å²) in [6.07, 6.45) is 0. The summed E-state index contributed by atoms with van der Waals surface area (Å²) in [5.41, 5.74) is 1.75. The maximum Gasteiger partial charge on any atom is 0.349 e. The molecule has 1 amide bonds. The third-order valence-electron chi connectivity index (χ3n) is 7.82. The van der Waals surface area contributed by atoms with Crippen LogP contribution in [0.15, 0.2) is 70.2 Å². The van der Waals surface area contributed by atoms with E-state index < -0.39 is 28.5 Å². The lowest BCUT2D eigenvalue weighted by Gasteiger charge is -2.15. The normalized spacial score (nSPS) is 11.3. The zero-order valence-corrected chi connectivity index (χ0v) is 27.9. The molecule has 0 atom stereocenters. The number of aromatic nitrogens is 3. The second-order valence-electron chi connectivity index (χ2n) is 11.2. The monoisotopic (exact) mass is 700 g/mol. The summed E-state index contributed by atoms with van der Waals surface area (Å²) in [4.78, 5) is 53.6. The number of carbonyl (C=O) groups is 1. The van der Waals surface area contributed by atoms with Gasteiger partial charge in [0.05, 0.1) is 17.3 Å². The van der Waals surface area contributed by atoms with Crippen molar-refractivity contribution in [1.29, 1.82) is 0 Å². The van der Waals surface area contributed by atoms with E-state index in [1.165, 1.54) is 6.07 Å². The van der Waals surface area contributed by atoms with Crippen LogP contribution in [-0.2, 0) is 6.54 Å². The van der Waals surface area contributed by atoms with Gasteiger partial charge in [0.2, 0.25) is 5.69 Å². The molecule has 240 valence electrons. The first-order chi connectivity index (χ1) is 22.4. The third kappa shape index (κ3) is 5.74. The number of aromatic amines is 1. The molecular weight excluding hydrogens is 672 g/mol. The van der Waals surface area contributed by atoms with Crippen molar-refractivity contribution in [3.05, 3.63) is 117 Å². The van der Waals surface area contributed by atoms with E-state index in [1.54, 1.807) is 58.2 Å². The van der Waals surface area contributed by atoms with Gasteiger partial charge in [-0.15, -0.1) is 0 Å². The highest BCUT2D eigenvalue weighted by Gasteiger charge is 2.22. The van der Waals surface area contributed by atoms with Gasteiger partial charge < -0.3 is 23.6 Å². The van der Waals surface area contributed by atoms with Gasteiger partial charge in [-0.1, -0.05) is 0 Å². The Labute approximate surface area is 275 Å². The van der Waals surface area contributed by atoms with Gasteiger partial charge in [-0.05, 0) is 109 Å². The summed E-state index contributed by atoms with van der Waals surface area (Å²) < 4.78 is 24.5. The highest BCUT2D eigenvalue weighted by Crippen LogP contribution is 2.36. The number of amides is 1. The maximum atomic E-state index is 13.4. The Morgan fingerprint density at radius 1 is 0.957 bits per heavy atom. The Kier molecular flexibility index (Phi) is 8.10. The molecule has 0 unspecified atom stereocenters. The van der Waals surface area contributed by atoms with Gasteiger partial charge in [0, 0.05) is 28.9 Å². The SMILES string of the molecule is COc1ccc(Oc2c(C)cc(-n3nc(C(=O)NCc4c5cc(C)oc5c(C)c5oc(=O)cc(C)c45)c(=O)[nH]c3=O)cc2C)cc1Br. The molecule has 6 rings (SSSR count). The molecule has 13 heteroatoms. The molecule has 12 nitrogen and oxygen atoms in total. The fraction of sp³-hybridized carbons (Fsp3) is 0.206. The van der Waals surface area contributed by atoms with Crippen LogP contribution in [0.5, 0.6) is 17.2 Å². The number of aryl methyl sites for hydroxylation is 5. The predicted molar refractivity (Wildman–Crippen MR) is 178 cm³/mol. The number of H-pyrrole nitrogens is 1. The Morgan fingerprint density at radius 3 is 2.36 bits per heavy atom. The summed E-state index contributed by atoms with van der Waals surface area (Å²) in [5, 5.41) is 8.29. The summed E-state index contributed by atoms with van der Waals surface area (Å²) in [7, 11) is 1.57. The van der Waals surface area contributed by atoms with Gasteiger partial charge in [-0.3, -0.25) is 14.6 Å². The van der Waals surface area contributed by atoms with Crippen LogP contribution in [0.2, 0.25) is 0 Å². The van der Waals surface area contributed by atoms with Gasteiger partial charge in [0.15, 0.2) is 0 Å². The van der Waals surface area contributed by atoms with Crippen LogP contribution in [0.4, 0.5) is 0 Å². The van der Waals surface area contributed by atoms with Gasteiger partial charge in [0.25, 0.3) is 11.5 Å². The number of halogens is 1. The Bertz CT molecular complexity index is 2410. The number of hydrogen-bond acceptors (Lipinski definition) is 9. The van der Waals surface area contributed by atoms with Crippen LogP contribution in [0.1, 0.15) is 44.1 Å². The molecule has 0 aliphatic heterocycles. The quantitative estimate of drug-likeness (QED) is 0.196. The smallest absolute Gasteiger partial charge is 0.349 e. The minimum atomic E-state index is -0.942. The molecule has 0 radical (unpaired) electrons. The van der Waals surface area contributed by atoms with Crippen LogP contribution in [0.25, 0.3) is 27.6 Å². The molecular formula is C34H29BrN4O8. The van der Waals surface area contributed by atoms with Gasteiger partial charge in [0.1, 0.15) is 34.2 Å². The molecule has 2 N–H and O–H groups in total. The fourth-order valence-corrected chi connectivity index (χ4v) is 6.22. The number of methoxy groups -OCH3 is 1. The average molecular weight is 702 g/mol. The largest absolute Gasteiger partial charge is 0.496 e. The van der Waals surface area contributed by atoms with Crippen molar-refractivity contribution in [2.75, 3.05) is 7.11 Å². The highest BCUT2D eigenvalue weighted by molar-refractivity contribution is 9.10. The topological polar surface area (TPSA) is 159 Å². The molecule has 6 aromatic rings. The Balaban J connectivity index is 1.34. The zero-order valence-electron chi connectivity index (χ0n) is 26.3. The number of ether oxygens (including phenoxy) is 2. The molecule has 3 aromatic heterocycles. The number of nitrogens with one attached hydrogen (secondary N) is 2. The summed E-state index contributed by atoms with van der Waals surface area (Å²) in [6.45, 7) is 8.94. The Morgan fingerprint density at radius 2 is 1.68 bits per heavy atom. The number of nitrogens with zero attached hydrogens (tertiary/aromatic N) is 2. The van der Waals surface area contributed by atoms with Crippen LogP contribution in [0, 0.1) is 34.6 Å². The molecule has 3 heterocycles. The van der Waals surface area contributed by atoms with E-state index in [1.807, 2.05) is 19.9 Å². The molecule has 47 heavy (non-hydrogen) atoms. The first kappa shape index (κ1) is 31.5. The van der Waals surface area contributed by atoms with Crippen LogP contribution >= 0.6 is 15.9 Å². The standard InChI is InChI=1S/C34H29BrN4O8/c1-15-11-26(40)47-31-19(5)30-22(12-18(4)45-30)23(27(15)31)14-36-32(41)28-33(42)37-34(43)39(38-28)20-9-16(2)29(17(3)10-20)46-21-7-8-25(44-6)24(35)13-21/h7-13H,14H2,1-6H3,(H,36,41)(H,37,42,43). The van der Waals surface area contributed by atoms with Crippen LogP contribution in [-0.4, -0.2) is 27.8 Å². The van der Waals surface area contributed by atoms with Gasteiger partial charge >= 0.3 is 11.3 Å². The van der Waals surface area contributed by atoms with Crippen LogP contribution < -0.4 is 31.7 Å². The average Bonchev–Trinajstić information content (AvgIpc) is 3.40. The van der Waals surface area contributed by atoms with Crippen molar-refractivity contribution in [3.8, 4) is 22.9 Å². The molecule has 0 bridgehead atoms. The van der Waals surface area contributed by atoms with E-state index in [0.29, 0.717) is 73.1 Å². The minimum absolute atomic E-state index is 0.0500. The summed E-state index contributed by atoms with van der Waals surface area (Å²) in [6, 6.07) is 11.9. The van der Waals surface area contributed by atoms with Crippen molar-refractivity contribution >= 4 is 43.8 Å². The molecule has 0 saturated heterocycles. The third-order valence-corrected chi connectivity index (χ3v) is 8.44. The second-order valence-corrected chi connectivity index (χ2v) is 12.0. The Hall–Kier alpha value is -5.43. The molecule has 3 aromatic carbocycles. The first-order valence-electron chi connectivity index (χ1n) is 14.5. The van der Waals surface area contributed by atoms with Crippen molar-refractivity contribution in [2.24, 2.45) is 0 Å². The number of carbonyl (C=O) groups excluding carboxylic acids is 1. The van der Waals surface area contributed by atoms with Crippen LogP contribution in [0.3, 0.4) is 0 Å². The molecule has 0 aliphatic rings. The van der Waals surface area contributed by atoms with E-state index in [2.05, 4.69) is 31.3 Å². The van der Waals surface area contributed by atoms with E-state index in [-0.39, 0.29) is 6.54 Å². The van der Waals surface area contributed by atoms with Gasteiger partial charge in [-0.2, -0.15) is 9.78 Å². The summed E-state index contributed by atoms with van der Waals surface area (Å²) in [5.74, 6) is 1.62. The number of benzene rings is 3. The second kappa shape index (κ2) is 12.1.